The van der Waals surface area contributed by atoms with Gasteiger partial charge in [0, 0.05) is 4.75 Å². The Balaban J connectivity index is 3.58. The lowest BCUT2D eigenvalue weighted by atomic mass is 9.99. The van der Waals surface area contributed by atoms with Gasteiger partial charge in [0.2, 0.25) is 0 Å². The van der Waals surface area contributed by atoms with Crippen LogP contribution in [0.25, 0.3) is 0 Å². The highest BCUT2D eigenvalue weighted by molar-refractivity contribution is 8.14. The van der Waals surface area contributed by atoms with E-state index in [1.807, 2.05) is 33.1 Å². The molecule has 0 aliphatic carbocycles. The Bertz CT molecular complexity index is 650. The topological polar surface area (TPSA) is 3.24 Å². The van der Waals surface area contributed by atoms with Gasteiger partial charge < -0.3 is 0 Å². The summed E-state index contributed by atoms with van der Waals surface area (Å²) >= 11 is 0. The summed E-state index contributed by atoms with van der Waals surface area (Å²) in [5, 5.41) is 1.90. The van der Waals surface area contributed by atoms with Crippen LogP contribution in [-0.2, 0) is 12.4 Å². The van der Waals surface area contributed by atoms with E-state index in [2.05, 4.69) is 6.58 Å². The van der Waals surface area contributed by atoms with Crippen LogP contribution < -0.4 is 0 Å². The highest BCUT2D eigenvalue weighted by Crippen LogP contribution is 2.43. The van der Waals surface area contributed by atoms with Gasteiger partial charge in [-0.2, -0.15) is 26.3 Å². The molecule has 0 bridgehead atoms. The number of nitrogens with zero attached hydrogens (tertiary/aromatic N) is 1. The molecule has 0 amide bonds. The van der Waals surface area contributed by atoms with Gasteiger partial charge in [-0.15, -0.1) is 17.2 Å². The summed E-state index contributed by atoms with van der Waals surface area (Å²) in [7, 11) is 1.17. The van der Waals surface area contributed by atoms with Crippen molar-refractivity contribution in [2.75, 3.05) is 7.05 Å². The fourth-order valence-electron chi connectivity index (χ4n) is 2.72. The Morgan fingerprint density at radius 3 is 1.65 bits per heavy atom. The lowest BCUT2D eigenvalue weighted by Gasteiger charge is -2.37. The lowest BCUT2D eigenvalue weighted by Crippen LogP contribution is -2.27. The number of hydrogen-bond acceptors (Lipinski definition) is 1. The quantitative estimate of drug-likeness (QED) is 0.310. The van der Waals surface area contributed by atoms with Crippen molar-refractivity contribution >= 4 is 16.0 Å². The molecule has 8 heteroatoms. The van der Waals surface area contributed by atoms with E-state index in [9.17, 15) is 26.3 Å². The number of alkyl halides is 6. The van der Waals surface area contributed by atoms with Gasteiger partial charge in [0.05, 0.1) is 17.2 Å². The van der Waals surface area contributed by atoms with E-state index >= 15 is 0 Å². The minimum absolute atomic E-state index is 0.0896. The molecule has 1 nitrogen and oxygen atoms in total. The van der Waals surface area contributed by atoms with Crippen molar-refractivity contribution in [1.82, 2.24) is 4.31 Å². The molecule has 0 aromatic heterocycles. The van der Waals surface area contributed by atoms with Crippen LogP contribution in [0.4, 0.5) is 26.3 Å². The molecule has 2 unspecified atom stereocenters. The monoisotopic (exact) mass is 399 g/mol. The summed E-state index contributed by atoms with van der Waals surface area (Å²) in [5.74, 6) is 0. The molecule has 0 heterocycles. The lowest BCUT2D eigenvalue weighted by molar-refractivity contribution is -0.143. The molecular weight excluding hydrogens is 376 g/mol. The van der Waals surface area contributed by atoms with Crippen LogP contribution in [0.3, 0.4) is 0 Å². The minimum atomic E-state index is -4.87. The molecule has 1 rings (SSSR count). The minimum Gasteiger partial charge on any atom is -0.248 e. The standard InChI is InChI=1S/C18H23F6NS/c1-7-15(25(6)26(8-2)16(3,4)5)12-9-13(17(19,20)21)11-14(10-12)18(22,23)24/h7-11,15H,1H2,2-6H3. The van der Waals surface area contributed by atoms with Gasteiger partial charge in [-0.05, 0) is 43.1 Å². The predicted molar refractivity (Wildman–Crippen MR) is 96.2 cm³/mol. The summed E-state index contributed by atoms with van der Waals surface area (Å²) in [6.07, 6.45) is -8.38. The van der Waals surface area contributed by atoms with Crippen molar-refractivity contribution in [3.63, 3.8) is 0 Å². The summed E-state index contributed by atoms with van der Waals surface area (Å²) in [6, 6.07) is 0.867. The van der Waals surface area contributed by atoms with Gasteiger partial charge in [0.15, 0.2) is 0 Å². The van der Waals surface area contributed by atoms with E-state index in [0.717, 1.165) is 12.1 Å². The average molecular weight is 399 g/mol. The first-order valence-corrected chi connectivity index (χ1v) is 9.05. The van der Waals surface area contributed by atoms with E-state index in [4.69, 9.17) is 0 Å². The Morgan fingerprint density at radius 2 is 1.38 bits per heavy atom. The number of likely N-dealkylation sites (N-methyl/N-ethyl adjacent to an activating group) is 1. The molecule has 0 fully saturated rings. The van der Waals surface area contributed by atoms with Crippen LogP contribution in [0.15, 0.2) is 30.9 Å². The number of rotatable bonds is 4. The van der Waals surface area contributed by atoms with Gasteiger partial charge in [-0.25, -0.2) is 4.31 Å². The van der Waals surface area contributed by atoms with Gasteiger partial charge in [0.25, 0.3) is 0 Å². The zero-order valence-electron chi connectivity index (χ0n) is 15.3. The summed E-state index contributed by atoms with van der Waals surface area (Å²) in [6.45, 7) is 11.3. The third-order valence-electron chi connectivity index (χ3n) is 3.73. The fraction of sp³-hybridized carbons (Fsp3) is 0.500. The van der Waals surface area contributed by atoms with Crippen molar-refractivity contribution < 1.29 is 26.3 Å². The van der Waals surface area contributed by atoms with Crippen LogP contribution in [0.1, 0.15) is 50.4 Å². The molecule has 0 aliphatic heterocycles. The maximum Gasteiger partial charge on any atom is 0.416 e. The second kappa shape index (κ2) is 7.76. The molecule has 0 radical (unpaired) electrons. The first-order valence-electron chi connectivity index (χ1n) is 7.80. The Kier molecular flexibility index (Phi) is 6.79. The predicted octanol–water partition coefficient (Wildman–Crippen LogP) is 6.69. The van der Waals surface area contributed by atoms with Gasteiger partial charge in [-0.3, -0.25) is 0 Å². The molecule has 0 aliphatic rings. The molecule has 0 N–H and O–H groups in total. The Morgan fingerprint density at radius 1 is 0.962 bits per heavy atom. The average Bonchev–Trinajstić information content (AvgIpc) is 2.45. The van der Waals surface area contributed by atoms with E-state index in [0.29, 0.717) is 0 Å². The zero-order chi connectivity index (χ0) is 20.5. The molecule has 0 saturated heterocycles. The Hall–Kier alpha value is -1.28. The first kappa shape index (κ1) is 22.8. The maximum absolute atomic E-state index is 13.1. The highest BCUT2D eigenvalue weighted by atomic mass is 32.2. The third kappa shape index (κ3) is 5.36. The largest absolute Gasteiger partial charge is 0.416 e. The second-order valence-corrected chi connectivity index (χ2v) is 9.63. The first-order chi connectivity index (χ1) is 11.6. The van der Waals surface area contributed by atoms with Gasteiger partial charge in [0.1, 0.15) is 0 Å². The molecule has 148 valence electrons. The smallest absolute Gasteiger partial charge is 0.248 e. The van der Waals surface area contributed by atoms with Crippen molar-refractivity contribution in [2.45, 2.75) is 50.8 Å². The number of benzene rings is 1. The molecule has 1 aromatic carbocycles. The summed E-state index contributed by atoms with van der Waals surface area (Å²) in [5.41, 5.74) is -2.73. The van der Waals surface area contributed by atoms with Crippen LogP contribution in [0.2, 0.25) is 0 Å². The van der Waals surface area contributed by atoms with E-state index in [1.54, 1.807) is 11.4 Å². The zero-order valence-corrected chi connectivity index (χ0v) is 16.1. The molecule has 1 aromatic rings. The Labute approximate surface area is 152 Å². The highest BCUT2D eigenvalue weighted by Gasteiger charge is 2.38. The van der Waals surface area contributed by atoms with Crippen LogP contribution in [0, 0.1) is 0 Å². The molecule has 0 spiro atoms. The molecular formula is C18H23F6NS. The number of hydrogen-bond donors (Lipinski definition) is 0. The van der Waals surface area contributed by atoms with Crippen molar-refractivity contribution in [2.24, 2.45) is 0 Å². The van der Waals surface area contributed by atoms with E-state index in [-0.39, 0.29) is 16.4 Å². The number of halogens is 6. The van der Waals surface area contributed by atoms with Crippen LogP contribution in [-0.4, -0.2) is 21.5 Å². The van der Waals surface area contributed by atoms with Gasteiger partial charge in [-0.1, -0.05) is 26.8 Å². The van der Waals surface area contributed by atoms with Crippen LogP contribution >= 0.6 is 10.7 Å². The van der Waals surface area contributed by atoms with Crippen molar-refractivity contribution in [1.29, 1.82) is 0 Å². The van der Waals surface area contributed by atoms with Crippen molar-refractivity contribution in [3.8, 4) is 0 Å². The molecule has 26 heavy (non-hydrogen) atoms. The van der Waals surface area contributed by atoms with E-state index < -0.39 is 40.2 Å². The maximum atomic E-state index is 13.1. The second-order valence-electron chi connectivity index (χ2n) is 6.73. The van der Waals surface area contributed by atoms with E-state index in [1.165, 1.54) is 6.08 Å². The van der Waals surface area contributed by atoms with Crippen LogP contribution in [0.5, 0.6) is 0 Å². The molecule has 2 atom stereocenters. The SMILES string of the molecule is C=CC(c1cc(C(F)(F)F)cc(C(F)(F)F)c1)N(C)S(=CC)C(C)(C)C. The normalized spacial score (nSPS) is 16.0. The summed E-state index contributed by atoms with van der Waals surface area (Å²) < 4.78 is 80.2. The third-order valence-corrected chi connectivity index (χ3v) is 6.28. The summed E-state index contributed by atoms with van der Waals surface area (Å²) in [4.78, 5) is 0. The van der Waals surface area contributed by atoms with Gasteiger partial charge >= 0.3 is 12.4 Å². The fourth-order valence-corrected chi connectivity index (χ4v) is 5.07. The van der Waals surface area contributed by atoms with Crippen molar-refractivity contribution in [3.05, 3.63) is 47.5 Å². The molecule has 0 saturated carbocycles.